The maximum atomic E-state index is 13.3. The van der Waals surface area contributed by atoms with Crippen molar-refractivity contribution in [3.05, 3.63) is 82.8 Å². The van der Waals surface area contributed by atoms with Gasteiger partial charge in [0.2, 0.25) is 0 Å². The van der Waals surface area contributed by atoms with Gasteiger partial charge in [-0.15, -0.1) is 0 Å². The number of urea groups is 1. The number of para-hydroxylation sites is 1. The molecule has 7 nitrogen and oxygen atoms in total. The van der Waals surface area contributed by atoms with Crippen molar-refractivity contribution in [1.82, 2.24) is 9.55 Å². The Morgan fingerprint density at radius 3 is 2.58 bits per heavy atom. The molecular weight excluding hydrogens is 416 g/mol. The number of benzene rings is 2. The zero-order chi connectivity index (χ0) is 23.5. The third kappa shape index (κ3) is 4.30. The Balaban J connectivity index is 1.84. The van der Waals surface area contributed by atoms with Crippen molar-refractivity contribution in [2.45, 2.75) is 19.8 Å². The molecule has 0 atom stereocenters. The fraction of sp³-hybridized carbons (Fsp3) is 0.192. The van der Waals surface area contributed by atoms with Crippen LogP contribution in [0.1, 0.15) is 25.3 Å². The van der Waals surface area contributed by atoms with Gasteiger partial charge in [-0.05, 0) is 47.4 Å². The summed E-state index contributed by atoms with van der Waals surface area (Å²) in [6.45, 7) is 4.12. The minimum absolute atomic E-state index is 0.172. The first kappa shape index (κ1) is 22.1. The molecular formula is C26H26N4O3. The summed E-state index contributed by atoms with van der Waals surface area (Å²) in [5.41, 5.74) is 3.38. The fourth-order valence-corrected chi connectivity index (χ4v) is 3.94. The zero-order valence-corrected chi connectivity index (χ0v) is 19.0. The molecule has 33 heavy (non-hydrogen) atoms. The molecule has 4 rings (SSSR count). The summed E-state index contributed by atoms with van der Waals surface area (Å²) in [6, 6.07) is 18.2. The Morgan fingerprint density at radius 2 is 1.82 bits per heavy atom. The van der Waals surface area contributed by atoms with Gasteiger partial charge in [0, 0.05) is 29.9 Å². The smallest absolute Gasteiger partial charge is 0.323 e. The van der Waals surface area contributed by atoms with Crippen molar-refractivity contribution < 1.29 is 9.53 Å². The van der Waals surface area contributed by atoms with Gasteiger partial charge in [-0.2, -0.15) is 0 Å². The normalized spacial score (nSPS) is 10.9. The van der Waals surface area contributed by atoms with Crippen molar-refractivity contribution in [2.24, 2.45) is 7.05 Å². The highest BCUT2D eigenvalue weighted by Gasteiger charge is 2.20. The number of fused-ring (bicyclic) bond motifs is 1. The molecule has 0 unspecified atom stereocenters. The van der Waals surface area contributed by atoms with Crippen molar-refractivity contribution >= 4 is 28.4 Å². The van der Waals surface area contributed by atoms with E-state index in [0.717, 1.165) is 16.5 Å². The van der Waals surface area contributed by atoms with Crippen LogP contribution in [-0.2, 0) is 7.05 Å². The predicted octanol–water partition coefficient (Wildman–Crippen LogP) is 5.38. The van der Waals surface area contributed by atoms with Gasteiger partial charge in [0.05, 0.1) is 7.11 Å². The predicted molar refractivity (Wildman–Crippen MR) is 132 cm³/mol. The van der Waals surface area contributed by atoms with E-state index in [0.29, 0.717) is 22.6 Å². The van der Waals surface area contributed by atoms with Gasteiger partial charge in [0.25, 0.3) is 5.56 Å². The van der Waals surface area contributed by atoms with Crippen LogP contribution in [0.5, 0.6) is 5.75 Å². The van der Waals surface area contributed by atoms with Gasteiger partial charge < -0.3 is 15.4 Å². The fourth-order valence-electron chi connectivity index (χ4n) is 3.94. The molecule has 0 aliphatic heterocycles. The topological polar surface area (TPSA) is 85.3 Å². The van der Waals surface area contributed by atoms with E-state index in [1.165, 1.54) is 4.57 Å². The van der Waals surface area contributed by atoms with Crippen LogP contribution in [0.2, 0.25) is 0 Å². The van der Waals surface area contributed by atoms with Crippen LogP contribution >= 0.6 is 0 Å². The van der Waals surface area contributed by atoms with E-state index in [-0.39, 0.29) is 17.2 Å². The summed E-state index contributed by atoms with van der Waals surface area (Å²) in [6.07, 6.45) is 1.64. The van der Waals surface area contributed by atoms with E-state index in [4.69, 9.17) is 4.74 Å². The van der Waals surface area contributed by atoms with Crippen LogP contribution in [0.15, 0.2) is 71.7 Å². The highest BCUT2D eigenvalue weighted by Crippen LogP contribution is 2.34. The number of nitrogens with one attached hydrogen (secondary N) is 2. The molecule has 0 saturated carbocycles. The SMILES string of the molecule is COc1cccc(-c2c(NC(=O)Nc3ccccc3C(C)C)c(=O)n(C)c3ncccc23)c1. The lowest BCUT2D eigenvalue weighted by Gasteiger charge is -2.18. The third-order valence-corrected chi connectivity index (χ3v) is 5.57. The number of anilines is 2. The first-order valence-corrected chi connectivity index (χ1v) is 10.7. The molecule has 0 fully saturated rings. The van der Waals surface area contributed by atoms with Crippen molar-refractivity contribution in [3.8, 4) is 16.9 Å². The number of carbonyl (C=O) groups excluding carboxylic acids is 1. The van der Waals surface area contributed by atoms with Gasteiger partial charge >= 0.3 is 6.03 Å². The molecule has 0 aliphatic rings. The number of nitrogens with zero attached hydrogens (tertiary/aromatic N) is 2. The lowest BCUT2D eigenvalue weighted by molar-refractivity contribution is 0.262. The number of aryl methyl sites for hydroxylation is 1. The van der Waals surface area contributed by atoms with E-state index in [1.54, 1.807) is 26.4 Å². The molecule has 2 N–H and O–H groups in total. The average molecular weight is 443 g/mol. The number of aromatic nitrogens is 2. The average Bonchev–Trinajstić information content (AvgIpc) is 2.82. The number of hydrogen-bond donors (Lipinski definition) is 2. The summed E-state index contributed by atoms with van der Waals surface area (Å²) in [7, 11) is 3.23. The molecule has 0 spiro atoms. The number of ether oxygens (including phenoxy) is 1. The standard InChI is InChI=1S/C26H26N4O3/c1-16(2)19-11-5-6-13-21(19)28-26(32)29-23-22(17-9-7-10-18(15-17)33-4)20-12-8-14-27-24(20)30(3)25(23)31/h5-16H,1-4H3,(H2,28,29,32). The number of methoxy groups -OCH3 is 1. The van der Waals surface area contributed by atoms with Crippen molar-refractivity contribution in [3.63, 3.8) is 0 Å². The Bertz CT molecular complexity index is 1390. The largest absolute Gasteiger partial charge is 0.497 e. The molecule has 0 aliphatic carbocycles. The maximum Gasteiger partial charge on any atom is 0.323 e. The van der Waals surface area contributed by atoms with Crippen LogP contribution in [0.25, 0.3) is 22.2 Å². The van der Waals surface area contributed by atoms with E-state index >= 15 is 0 Å². The number of carbonyl (C=O) groups is 1. The van der Waals surface area contributed by atoms with Crippen LogP contribution in [0.3, 0.4) is 0 Å². The van der Waals surface area contributed by atoms with E-state index < -0.39 is 6.03 Å². The Hall–Kier alpha value is -4.13. The number of hydrogen-bond acceptors (Lipinski definition) is 4. The molecule has 2 aromatic carbocycles. The van der Waals surface area contributed by atoms with Crippen LogP contribution < -0.4 is 20.9 Å². The van der Waals surface area contributed by atoms with Crippen LogP contribution in [0.4, 0.5) is 16.2 Å². The van der Waals surface area contributed by atoms with Gasteiger partial charge in [-0.25, -0.2) is 9.78 Å². The second-order valence-corrected chi connectivity index (χ2v) is 8.04. The Kier molecular flexibility index (Phi) is 6.13. The monoisotopic (exact) mass is 442 g/mol. The maximum absolute atomic E-state index is 13.3. The van der Waals surface area contributed by atoms with E-state index in [1.807, 2.05) is 54.6 Å². The van der Waals surface area contributed by atoms with Gasteiger partial charge in [0.1, 0.15) is 17.1 Å². The number of pyridine rings is 2. The molecule has 4 aromatic rings. The summed E-state index contributed by atoms with van der Waals surface area (Å²) in [5, 5.41) is 6.45. The minimum atomic E-state index is -0.493. The summed E-state index contributed by atoms with van der Waals surface area (Å²) in [5.74, 6) is 0.875. The summed E-state index contributed by atoms with van der Waals surface area (Å²) in [4.78, 5) is 30.8. The number of amides is 2. The molecule has 168 valence electrons. The zero-order valence-electron chi connectivity index (χ0n) is 19.0. The molecule has 0 radical (unpaired) electrons. The van der Waals surface area contributed by atoms with Crippen molar-refractivity contribution in [2.75, 3.05) is 17.7 Å². The Labute approximate surface area is 192 Å². The lowest BCUT2D eigenvalue weighted by atomic mass is 10.00. The van der Waals surface area contributed by atoms with E-state index in [9.17, 15) is 9.59 Å². The van der Waals surface area contributed by atoms with Gasteiger partial charge in [0.15, 0.2) is 0 Å². The van der Waals surface area contributed by atoms with Gasteiger partial charge in [-0.3, -0.25) is 9.36 Å². The first-order chi connectivity index (χ1) is 15.9. The molecule has 0 saturated heterocycles. The Morgan fingerprint density at radius 1 is 1.03 bits per heavy atom. The quantitative estimate of drug-likeness (QED) is 0.435. The van der Waals surface area contributed by atoms with Crippen LogP contribution in [0, 0.1) is 0 Å². The van der Waals surface area contributed by atoms with Crippen LogP contribution in [-0.4, -0.2) is 22.7 Å². The molecule has 2 amide bonds. The molecule has 2 heterocycles. The second-order valence-electron chi connectivity index (χ2n) is 8.04. The second kappa shape index (κ2) is 9.16. The lowest BCUT2D eigenvalue weighted by Crippen LogP contribution is -2.29. The third-order valence-electron chi connectivity index (χ3n) is 5.57. The minimum Gasteiger partial charge on any atom is -0.497 e. The van der Waals surface area contributed by atoms with Gasteiger partial charge in [-0.1, -0.05) is 44.2 Å². The van der Waals surface area contributed by atoms with E-state index in [2.05, 4.69) is 29.5 Å². The first-order valence-electron chi connectivity index (χ1n) is 10.7. The molecule has 7 heteroatoms. The highest BCUT2D eigenvalue weighted by molar-refractivity contribution is 6.07. The molecule has 2 aromatic heterocycles. The molecule has 0 bridgehead atoms. The number of rotatable bonds is 5. The highest BCUT2D eigenvalue weighted by atomic mass is 16.5. The van der Waals surface area contributed by atoms with Crippen molar-refractivity contribution in [1.29, 1.82) is 0 Å². The summed E-state index contributed by atoms with van der Waals surface area (Å²) < 4.78 is 6.82. The summed E-state index contributed by atoms with van der Waals surface area (Å²) >= 11 is 0.